The summed E-state index contributed by atoms with van der Waals surface area (Å²) >= 11 is 7.39. The minimum absolute atomic E-state index is 0.124. The Kier molecular flexibility index (Phi) is 6.45. The number of hydrogen-bond donors (Lipinski definition) is 2. The molecule has 3 aromatic carbocycles. The predicted molar refractivity (Wildman–Crippen MR) is 121 cm³/mol. The molecule has 0 unspecified atom stereocenters. The van der Waals surface area contributed by atoms with Crippen LogP contribution in [0, 0.1) is 0 Å². The molecule has 2 N–H and O–H groups in total. The Balaban J connectivity index is 1.48. The zero-order chi connectivity index (χ0) is 21.6. The van der Waals surface area contributed by atoms with Gasteiger partial charge in [-0.05, 0) is 47.1 Å². The Bertz CT molecular complexity index is 1210. The molecule has 0 saturated carbocycles. The van der Waals surface area contributed by atoms with Crippen LogP contribution in [0.15, 0.2) is 90.3 Å². The summed E-state index contributed by atoms with van der Waals surface area (Å²) in [5.74, 6) is -0.337. The van der Waals surface area contributed by atoms with Gasteiger partial charge in [-0.1, -0.05) is 60.1 Å². The normalized spacial score (nSPS) is 10.6. The van der Waals surface area contributed by atoms with E-state index in [-0.39, 0.29) is 17.4 Å². The molecule has 0 atom stereocenters. The number of ketones is 1. The number of nitrogens with one attached hydrogen (secondary N) is 2. The molecule has 0 aliphatic heterocycles. The number of hydrogen-bond acceptors (Lipinski definition) is 4. The number of aromatic amines is 1. The van der Waals surface area contributed by atoms with E-state index < -0.39 is 0 Å². The first-order chi connectivity index (χ1) is 15.1. The number of amides is 1. The average molecular weight is 450 g/mol. The largest absolute Gasteiger partial charge is 0.385 e. The number of para-hydroxylation sites is 1. The first-order valence-corrected chi connectivity index (χ1v) is 10.8. The molecule has 6 nitrogen and oxygen atoms in total. The number of carbonyl (C=O) groups is 2. The third-order valence-electron chi connectivity index (χ3n) is 4.44. The van der Waals surface area contributed by atoms with Gasteiger partial charge < -0.3 is 5.32 Å². The van der Waals surface area contributed by atoms with Crippen LogP contribution in [0.2, 0.25) is 5.02 Å². The number of benzene rings is 3. The van der Waals surface area contributed by atoms with Crippen molar-refractivity contribution in [2.75, 3.05) is 11.1 Å². The molecule has 4 aromatic rings. The molecular formula is C23H18ClN4O2S+. The van der Waals surface area contributed by atoms with Crippen LogP contribution >= 0.6 is 23.4 Å². The maximum absolute atomic E-state index is 12.9. The Morgan fingerprint density at radius 1 is 1.00 bits per heavy atom. The van der Waals surface area contributed by atoms with Gasteiger partial charge in [0, 0.05) is 16.1 Å². The number of nitrogens with zero attached hydrogens (tertiary/aromatic N) is 2. The third kappa shape index (κ3) is 5.02. The van der Waals surface area contributed by atoms with Crippen molar-refractivity contribution in [2.24, 2.45) is 0 Å². The summed E-state index contributed by atoms with van der Waals surface area (Å²) in [7, 11) is 0. The zero-order valence-electron chi connectivity index (χ0n) is 16.3. The molecule has 8 heteroatoms. The Morgan fingerprint density at radius 2 is 1.71 bits per heavy atom. The highest BCUT2D eigenvalue weighted by atomic mass is 35.5. The quantitative estimate of drug-likeness (QED) is 0.250. The lowest BCUT2D eigenvalue weighted by Crippen LogP contribution is -2.35. The maximum atomic E-state index is 12.9. The van der Waals surface area contributed by atoms with E-state index in [4.69, 9.17) is 11.6 Å². The minimum atomic E-state index is -0.253. The standard InChI is InChI=1S/C23H17ClN4O2S/c24-17-11-12-20(19(13-17)22(30)16-7-3-1-4-8-16)27-21(29)14-31-23-25-15-26-28(23)18-9-5-2-6-10-18/h1-13,15H,14H2,(H,27,29,30)/p+1. The van der Waals surface area contributed by atoms with E-state index in [1.807, 2.05) is 36.4 Å². The highest BCUT2D eigenvalue weighted by Gasteiger charge is 2.20. The number of halogens is 1. The lowest BCUT2D eigenvalue weighted by Gasteiger charge is -2.11. The van der Waals surface area contributed by atoms with E-state index in [0.29, 0.717) is 27.0 Å². The Labute approximate surface area is 188 Å². The fourth-order valence-electron chi connectivity index (χ4n) is 2.99. The highest BCUT2D eigenvalue weighted by molar-refractivity contribution is 7.99. The van der Waals surface area contributed by atoms with E-state index in [9.17, 15) is 9.59 Å². The molecule has 0 spiro atoms. The van der Waals surface area contributed by atoms with Gasteiger partial charge >= 0.3 is 5.16 Å². The summed E-state index contributed by atoms with van der Waals surface area (Å²) in [6.45, 7) is 0. The molecule has 4 rings (SSSR count). The number of anilines is 1. The highest BCUT2D eigenvalue weighted by Crippen LogP contribution is 2.24. The molecule has 154 valence electrons. The second-order valence-electron chi connectivity index (χ2n) is 6.56. The van der Waals surface area contributed by atoms with Crippen LogP contribution < -0.4 is 10.00 Å². The summed E-state index contributed by atoms with van der Waals surface area (Å²) in [5.41, 5.74) is 2.20. The molecule has 0 saturated heterocycles. The van der Waals surface area contributed by atoms with Crippen LogP contribution in [0.25, 0.3) is 5.69 Å². The Morgan fingerprint density at radius 3 is 2.45 bits per heavy atom. The number of aromatic nitrogens is 3. The van der Waals surface area contributed by atoms with Crippen molar-refractivity contribution in [2.45, 2.75) is 5.16 Å². The van der Waals surface area contributed by atoms with Gasteiger partial charge in [-0.3, -0.25) is 9.59 Å². The number of H-pyrrole nitrogens is 1. The second kappa shape index (κ2) is 9.59. The summed E-state index contributed by atoms with van der Waals surface area (Å²) in [6.07, 6.45) is 1.57. The van der Waals surface area contributed by atoms with Crippen molar-refractivity contribution in [1.82, 2.24) is 10.1 Å². The van der Waals surface area contributed by atoms with Crippen LogP contribution in [-0.4, -0.2) is 27.5 Å². The molecule has 0 aliphatic rings. The van der Waals surface area contributed by atoms with Gasteiger partial charge in [0.2, 0.25) is 12.2 Å². The van der Waals surface area contributed by atoms with Crippen LogP contribution in [0.1, 0.15) is 15.9 Å². The van der Waals surface area contributed by atoms with E-state index in [1.165, 1.54) is 11.8 Å². The number of thioether (sulfide) groups is 1. The van der Waals surface area contributed by atoms with Gasteiger partial charge in [0.15, 0.2) is 11.5 Å². The van der Waals surface area contributed by atoms with E-state index in [1.54, 1.807) is 53.5 Å². The van der Waals surface area contributed by atoms with Crippen molar-refractivity contribution in [3.05, 3.63) is 101 Å². The van der Waals surface area contributed by atoms with Gasteiger partial charge in [-0.25, -0.2) is 0 Å². The molecule has 0 radical (unpaired) electrons. The van der Waals surface area contributed by atoms with E-state index in [2.05, 4.69) is 15.4 Å². The first kappa shape index (κ1) is 20.8. The molecule has 31 heavy (non-hydrogen) atoms. The van der Waals surface area contributed by atoms with Crippen LogP contribution in [0.3, 0.4) is 0 Å². The zero-order valence-corrected chi connectivity index (χ0v) is 17.9. The molecule has 0 fully saturated rings. The molecule has 0 bridgehead atoms. The number of carbonyl (C=O) groups excluding carboxylic acids is 2. The van der Waals surface area contributed by atoms with Gasteiger partial charge in [-0.2, -0.15) is 5.10 Å². The summed E-state index contributed by atoms with van der Waals surface area (Å²) in [6, 6.07) is 23.4. The van der Waals surface area contributed by atoms with Crippen molar-refractivity contribution >= 4 is 40.7 Å². The predicted octanol–water partition coefficient (Wildman–Crippen LogP) is 4.30. The van der Waals surface area contributed by atoms with E-state index in [0.717, 1.165) is 5.69 Å². The maximum Gasteiger partial charge on any atom is 0.385 e. The van der Waals surface area contributed by atoms with Crippen LogP contribution in [0.4, 0.5) is 5.69 Å². The second-order valence-corrected chi connectivity index (χ2v) is 7.94. The topological polar surface area (TPSA) is 78.7 Å². The average Bonchev–Trinajstić information content (AvgIpc) is 3.28. The van der Waals surface area contributed by atoms with Gasteiger partial charge in [0.1, 0.15) is 0 Å². The van der Waals surface area contributed by atoms with Gasteiger partial charge in [-0.15, -0.1) is 4.68 Å². The van der Waals surface area contributed by atoms with Crippen molar-refractivity contribution in [3.8, 4) is 5.69 Å². The lowest BCUT2D eigenvalue weighted by atomic mass is 10.0. The Hall–Kier alpha value is -3.42. The van der Waals surface area contributed by atoms with Gasteiger partial charge in [0.25, 0.3) is 0 Å². The molecule has 1 amide bonds. The summed E-state index contributed by atoms with van der Waals surface area (Å²) in [4.78, 5) is 29.8. The smallest absolute Gasteiger partial charge is 0.325 e. The first-order valence-electron chi connectivity index (χ1n) is 9.44. The lowest BCUT2D eigenvalue weighted by molar-refractivity contribution is -0.694. The van der Waals surface area contributed by atoms with Crippen molar-refractivity contribution in [3.63, 3.8) is 0 Å². The SMILES string of the molecule is O=C(CSc1nc[nH][n+]1-c1ccccc1)Nc1ccc(Cl)cc1C(=O)c1ccccc1. The van der Waals surface area contributed by atoms with Gasteiger partial charge in [0.05, 0.1) is 11.4 Å². The fraction of sp³-hybridized carbons (Fsp3) is 0.0435. The summed E-state index contributed by atoms with van der Waals surface area (Å²) < 4.78 is 1.80. The van der Waals surface area contributed by atoms with Crippen molar-refractivity contribution in [1.29, 1.82) is 0 Å². The minimum Gasteiger partial charge on any atom is -0.325 e. The summed E-state index contributed by atoms with van der Waals surface area (Å²) in [5, 5.41) is 6.94. The van der Waals surface area contributed by atoms with E-state index >= 15 is 0 Å². The van der Waals surface area contributed by atoms with Crippen LogP contribution in [0.5, 0.6) is 0 Å². The van der Waals surface area contributed by atoms with Crippen molar-refractivity contribution < 1.29 is 14.3 Å². The fourth-order valence-corrected chi connectivity index (χ4v) is 3.91. The molecule has 0 aliphatic carbocycles. The van der Waals surface area contributed by atoms with Crippen LogP contribution in [-0.2, 0) is 4.79 Å². The molecule has 1 heterocycles. The monoisotopic (exact) mass is 449 g/mol. The third-order valence-corrected chi connectivity index (χ3v) is 5.62. The molecular weight excluding hydrogens is 432 g/mol. The molecule has 1 aromatic heterocycles. The number of rotatable bonds is 7.